The molecule has 1 rings (SSSR count). The number of hydrogen-bond acceptors (Lipinski definition) is 5. The summed E-state index contributed by atoms with van der Waals surface area (Å²) < 4.78 is 9.54. The first kappa shape index (κ1) is 14.9. The molecule has 104 valence electrons. The van der Waals surface area contributed by atoms with Gasteiger partial charge in [0.05, 0.1) is 5.92 Å². The van der Waals surface area contributed by atoms with E-state index >= 15 is 0 Å². The molecule has 0 aliphatic heterocycles. The summed E-state index contributed by atoms with van der Waals surface area (Å²) in [6.45, 7) is 3.05. The van der Waals surface area contributed by atoms with Crippen molar-refractivity contribution in [2.24, 2.45) is 5.92 Å². The van der Waals surface area contributed by atoms with Crippen LogP contribution in [0.1, 0.15) is 19.3 Å². The third-order valence-corrected chi connectivity index (χ3v) is 2.71. The summed E-state index contributed by atoms with van der Waals surface area (Å²) in [7, 11) is 0. The lowest BCUT2D eigenvalue weighted by Crippen LogP contribution is -2.27. The lowest BCUT2D eigenvalue weighted by molar-refractivity contribution is -0.153. The van der Waals surface area contributed by atoms with E-state index in [1.807, 2.05) is 0 Å². The van der Waals surface area contributed by atoms with Gasteiger partial charge in [0, 0.05) is 11.6 Å². The van der Waals surface area contributed by atoms with Crippen LogP contribution >= 0.6 is 0 Å². The Morgan fingerprint density at radius 3 is 2.68 bits per heavy atom. The topological polar surface area (TPSA) is 89.9 Å². The average molecular weight is 268 g/mol. The molecule has 0 radical (unpaired) electrons. The predicted octanol–water partition coefficient (Wildman–Crippen LogP) is 1.07. The van der Waals surface area contributed by atoms with Gasteiger partial charge in [0.25, 0.3) is 0 Å². The Morgan fingerprint density at radius 2 is 2.05 bits per heavy atom. The van der Waals surface area contributed by atoms with E-state index in [2.05, 4.69) is 11.3 Å². The number of carboxylic acid groups (broad SMARTS) is 1. The molecule has 1 aliphatic carbocycles. The smallest absolute Gasteiger partial charge is 0.332 e. The summed E-state index contributed by atoms with van der Waals surface area (Å²) in [6, 6.07) is 0. The lowest BCUT2D eigenvalue weighted by atomic mass is 9.88. The normalized spacial score (nSPS) is 18.1. The van der Waals surface area contributed by atoms with Gasteiger partial charge in [-0.15, -0.1) is 0 Å². The van der Waals surface area contributed by atoms with E-state index in [9.17, 15) is 14.4 Å². The van der Waals surface area contributed by atoms with Gasteiger partial charge in [-0.05, 0) is 19.3 Å². The Balaban J connectivity index is 2.42. The number of esters is 2. The van der Waals surface area contributed by atoms with E-state index in [0.29, 0.717) is 12.8 Å². The van der Waals surface area contributed by atoms with Crippen molar-refractivity contribution in [1.29, 1.82) is 0 Å². The second kappa shape index (κ2) is 7.35. The van der Waals surface area contributed by atoms with Crippen LogP contribution in [0.4, 0.5) is 0 Å². The molecule has 6 heteroatoms. The van der Waals surface area contributed by atoms with E-state index in [4.69, 9.17) is 9.84 Å². The van der Waals surface area contributed by atoms with Gasteiger partial charge < -0.3 is 14.6 Å². The van der Waals surface area contributed by atoms with Crippen molar-refractivity contribution >= 4 is 17.9 Å². The number of carbonyl (C=O) groups excluding carboxylic acids is 2. The minimum Gasteiger partial charge on any atom is -0.478 e. The molecule has 0 heterocycles. The Morgan fingerprint density at radius 1 is 1.37 bits per heavy atom. The number of allylic oxidation sites excluding steroid dienone is 1. The molecule has 0 aromatic rings. The van der Waals surface area contributed by atoms with Gasteiger partial charge in [-0.25, -0.2) is 9.59 Å². The standard InChI is InChI=1S/C13H16O6/c1-2-11(14)18-7-8-19-13(17)10-6-4-3-5-9(10)12(15)16/h2,5,10H,1,3-4,6-8H2,(H,15,16). The molecular formula is C13H16O6. The zero-order valence-corrected chi connectivity index (χ0v) is 10.5. The van der Waals surface area contributed by atoms with Gasteiger partial charge in [0.2, 0.25) is 0 Å². The molecule has 0 saturated heterocycles. The van der Waals surface area contributed by atoms with Crippen LogP contribution < -0.4 is 0 Å². The summed E-state index contributed by atoms with van der Waals surface area (Å²) >= 11 is 0. The molecule has 1 atom stereocenters. The maximum absolute atomic E-state index is 11.7. The number of aliphatic carboxylic acids is 1. The first-order valence-corrected chi connectivity index (χ1v) is 5.95. The minimum atomic E-state index is -1.10. The maximum Gasteiger partial charge on any atom is 0.332 e. The Labute approximate surface area is 110 Å². The van der Waals surface area contributed by atoms with Crippen molar-refractivity contribution in [3.63, 3.8) is 0 Å². The average Bonchev–Trinajstić information content (AvgIpc) is 2.42. The van der Waals surface area contributed by atoms with Gasteiger partial charge in [0.1, 0.15) is 13.2 Å². The number of hydrogen-bond donors (Lipinski definition) is 1. The molecule has 0 aromatic heterocycles. The van der Waals surface area contributed by atoms with Crippen LogP contribution in [0, 0.1) is 5.92 Å². The maximum atomic E-state index is 11.7. The molecule has 1 unspecified atom stereocenters. The molecule has 19 heavy (non-hydrogen) atoms. The predicted molar refractivity (Wildman–Crippen MR) is 65.2 cm³/mol. The van der Waals surface area contributed by atoms with Crippen LogP contribution in [0.15, 0.2) is 24.3 Å². The number of ether oxygens (including phenoxy) is 2. The summed E-state index contributed by atoms with van der Waals surface area (Å²) in [5.41, 5.74) is 0.0827. The highest BCUT2D eigenvalue weighted by atomic mass is 16.6. The highest BCUT2D eigenvalue weighted by Gasteiger charge is 2.30. The first-order valence-electron chi connectivity index (χ1n) is 5.95. The second-order valence-corrected chi connectivity index (χ2v) is 3.99. The van der Waals surface area contributed by atoms with Crippen LogP contribution in [-0.4, -0.2) is 36.2 Å². The second-order valence-electron chi connectivity index (χ2n) is 3.99. The monoisotopic (exact) mass is 268 g/mol. The van der Waals surface area contributed by atoms with Gasteiger partial charge in [-0.2, -0.15) is 0 Å². The Kier molecular flexibility index (Phi) is 5.78. The van der Waals surface area contributed by atoms with Crippen LogP contribution in [0.2, 0.25) is 0 Å². The van der Waals surface area contributed by atoms with Gasteiger partial charge in [0.15, 0.2) is 0 Å². The van der Waals surface area contributed by atoms with E-state index in [0.717, 1.165) is 12.5 Å². The van der Waals surface area contributed by atoms with Crippen molar-refractivity contribution < 1.29 is 29.0 Å². The Bertz CT molecular complexity index is 409. The van der Waals surface area contributed by atoms with Gasteiger partial charge in [-0.3, -0.25) is 4.79 Å². The van der Waals surface area contributed by atoms with Crippen molar-refractivity contribution in [2.75, 3.05) is 13.2 Å². The van der Waals surface area contributed by atoms with Crippen molar-refractivity contribution in [3.05, 3.63) is 24.3 Å². The fraction of sp³-hybridized carbons (Fsp3) is 0.462. The molecule has 6 nitrogen and oxygen atoms in total. The zero-order chi connectivity index (χ0) is 14.3. The van der Waals surface area contributed by atoms with Gasteiger partial charge >= 0.3 is 17.9 Å². The van der Waals surface area contributed by atoms with Gasteiger partial charge in [-0.1, -0.05) is 12.7 Å². The van der Waals surface area contributed by atoms with Crippen LogP contribution in [0.5, 0.6) is 0 Å². The fourth-order valence-electron chi connectivity index (χ4n) is 1.80. The number of rotatable bonds is 6. The van der Waals surface area contributed by atoms with Crippen molar-refractivity contribution in [2.45, 2.75) is 19.3 Å². The summed E-state index contributed by atoms with van der Waals surface area (Å²) in [5, 5.41) is 8.98. The van der Waals surface area contributed by atoms with Crippen LogP contribution in [-0.2, 0) is 23.9 Å². The minimum absolute atomic E-state index is 0.0740. The van der Waals surface area contributed by atoms with Crippen molar-refractivity contribution in [3.8, 4) is 0 Å². The molecular weight excluding hydrogens is 252 g/mol. The van der Waals surface area contributed by atoms with E-state index in [1.165, 1.54) is 0 Å². The highest BCUT2D eigenvalue weighted by Crippen LogP contribution is 2.26. The summed E-state index contributed by atoms with van der Waals surface area (Å²) in [4.78, 5) is 33.4. The largest absolute Gasteiger partial charge is 0.478 e. The fourth-order valence-corrected chi connectivity index (χ4v) is 1.80. The van der Waals surface area contributed by atoms with Crippen molar-refractivity contribution in [1.82, 2.24) is 0 Å². The SMILES string of the molecule is C=CC(=O)OCCOC(=O)C1CCCC=C1C(=O)O. The molecule has 0 amide bonds. The molecule has 0 saturated carbocycles. The number of carboxylic acids is 1. The number of carbonyl (C=O) groups is 3. The summed E-state index contributed by atoms with van der Waals surface area (Å²) in [5.74, 6) is -3.02. The van der Waals surface area contributed by atoms with E-state index < -0.39 is 23.8 Å². The summed E-state index contributed by atoms with van der Waals surface area (Å²) in [6.07, 6.45) is 4.43. The van der Waals surface area contributed by atoms with Crippen LogP contribution in [0.3, 0.4) is 0 Å². The van der Waals surface area contributed by atoms with E-state index in [-0.39, 0.29) is 18.8 Å². The molecule has 1 N–H and O–H groups in total. The molecule has 0 bridgehead atoms. The van der Waals surface area contributed by atoms with E-state index in [1.54, 1.807) is 6.08 Å². The molecule has 0 aromatic carbocycles. The molecule has 1 aliphatic rings. The first-order chi connectivity index (χ1) is 9.06. The quantitative estimate of drug-likeness (QED) is 0.440. The van der Waals surface area contributed by atoms with Crippen LogP contribution in [0.25, 0.3) is 0 Å². The molecule has 0 fully saturated rings. The Hall–Kier alpha value is -2.11. The highest BCUT2D eigenvalue weighted by molar-refractivity contribution is 5.94. The third kappa shape index (κ3) is 4.57. The third-order valence-electron chi connectivity index (χ3n) is 2.71. The lowest BCUT2D eigenvalue weighted by Gasteiger charge is -2.19. The zero-order valence-electron chi connectivity index (χ0n) is 10.5. The molecule has 0 spiro atoms.